The Morgan fingerprint density at radius 3 is 2.21 bits per heavy atom. The second-order valence-corrected chi connectivity index (χ2v) is 7.26. The van der Waals surface area contributed by atoms with Gasteiger partial charge in [-0.2, -0.15) is 0 Å². The van der Waals surface area contributed by atoms with Crippen LogP contribution in [0.1, 0.15) is 43.7 Å². The molecule has 1 atom stereocenters. The number of benzene rings is 2. The van der Waals surface area contributed by atoms with Crippen molar-refractivity contribution in [2.75, 3.05) is 21.3 Å². The zero-order valence-electron chi connectivity index (χ0n) is 16.8. The third kappa shape index (κ3) is 3.90. The summed E-state index contributed by atoms with van der Waals surface area (Å²) in [4.78, 5) is 6.10. The molecule has 1 unspecified atom stereocenters. The van der Waals surface area contributed by atoms with Crippen molar-refractivity contribution in [3.63, 3.8) is 0 Å². The molecule has 0 spiro atoms. The SMILES string of the molecule is CCCCC1(c2cc(OC)c(OC)c(OC)c2)CC(c2ccc(Cl)cc2)=NO1. The molecule has 6 heteroatoms. The minimum atomic E-state index is -0.572. The summed E-state index contributed by atoms with van der Waals surface area (Å²) < 4.78 is 16.5. The zero-order valence-corrected chi connectivity index (χ0v) is 17.5. The molecule has 0 amide bonds. The van der Waals surface area contributed by atoms with Gasteiger partial charge in [-0.1, -0.05) is 42.2 Å². The normalized spacial score (nSPS) is 18.4. The Morgan fingerprint density at radius 2 is 1.68 bits per heavy atom. The molecule has 0 fully saturated rings. The highest BCUT2D eigenvalue weighted by atomic mass is 35.5. The standard InChI is InChI=1S/C22H26ClNO4/c1-5-6-11-22(14-18(24-28-22)15-7-9-17(23)10-8-15)16-12-19(25-2)21(27-4)20(13-16)26-3/h7-10,12-13H,5-6,11,14H2,1-4H3. The Hall–Kier alpha value is -2.40. The van der Waals surface area contributed by atoms with Crippen LogP contribution in [0.25, 0.3) is 0 Å². The minimum absolute atomic E-state index is 0.566. The second kappa shape index (κ2) is 8.74. The third-order valence-electron chi connectivity index (χ3n) is 5.09. The first kappa shape index (κ1) is 20.3. The smallest absolute Gasteiger partial charge is 0.203 e. The number of halogens is 1. The number of methoxy groups -OCH3 is 3. The maximum absolute atomic E-state index is 6.10. The van der Waals surface area contributed by atoms with E-state index in [0.717, 1.165) is 36.1 Å². The molecule has 0 bridgehead atoms. The molecule has 0 N–H and O–H groups in total. The van der Waals surface area contributed by atoms with Crippen molar-refractivity contribution in [3.05, 3.63) is 52.5 Å². The van der Waals surface area contributed by atoms with Crippen LogP contribution in [-0.4, -0.2) is 27.0 Å². The number of ether oxygens (including phenoxy) is 3. The first-order chi connectivity index (χ1) is 13.6. The van der Waals surface area contributed by atoms with Crippen LogP contribution in [0.4, 0.5) is 0 Å². The van der Waals surface area contributed by atoms with Gasteiger partial charge in [0.15, 0.2) is 17.1 Å². The predicted molar refractivity (Wildman–Crippen MR) is 111 cm³/mol. The van der Waals surface area contributed by atoms with Gasteiger partial charge in [0.2, 0.25) is 5.75 Å². The van der Waals surface area contributed by atoms with Crippen LogP contribution in [0.3, 0.4) is 0 Å². The molecular weight excluding hydrogens is 378 g/mol. The van der Waals surface area contributed by atoms with Gasteiger partial charge in [0.25, 0.3) is 0 Å². The topological polar surface area (TPSA) is 49.3 Å². The van der Waals surface area contributed by atoms with Gasteiger partial charge in [-0.15, -0.1) is 0 Å². The quantitative estimate of drug-likeness (QED) is 0.577. The molecule has 0 radical (unpaired) electrons. The maximum Gasteiger partial charge on any atom is 0.203 e. The summed E-state index contributed by atoms with van der Waals surface area (Å²) in [5.74, 6) is 1.78. The van der Waals surface area contributed by atoms with E-state index in [1.165, 1.54) is 0 Å². The first-order valence-corrected chi connectivity index (χ1v) is 9.76. The van der Waals surface area contributed by atoms with E-state index in [1.807, 2.05) is 36.4 Å². The Morgan fingerprint density at radius 1 is 1.04 bits per heavy atom. The fraction of sp³-hybridized carbons (Fsp3) is 0.409. The molecule has 0 saturated carbocycles. The average Bonchev–Trinajstić information content (AvgIpc) is 3.17. The number of rotatable bonds is 8. The summed E-state index contributed by atoms with van der Waals surface area (Å²) >= 11 is 6.02. The van der Waals surface area contributed by atoms with Gasteiger partial charge < -0.3 is 19.0 Å². The second-order valence-electron chi connectivity index (χ2n) is 6.82. The van der Waals surface area contributed by atoms with E-state index in [-0.39, 0.29) is 0 Å². The van der Waals surface area contributed by atoms with E-state index in [1.54, 1.807) is 21.3 Å². The molecule has 1 heterocycles. The fourth-order valence-corrected chi connectivity index (χ4v) is 3.64. The summed E-state index contributed by atoms with van der Waals surface area (Å²) in [5.41, 5.74) is 2.30. The molecular formula is C22H26ClNO4. The number of unbranched alkanes of at least 4 members (excludes halogenated alkanes) is 1. The molecule has 1 aliphatic heterocycles. The first-order valence-electron chi connectivity index (χ1n) is 9.38. The largest absolute Gasteiger partial charge is 0.493 e. The van der Waals surface area contributed by atoms with Gasteiger partial charge >= 0.3 is 0 Å². The van der Waals surface area contributed by atoms with Gasteiger partial charge in [0.1, 0.15) is 0 Å². The fourth-order valence-electron chi connectivity index (χ4n) is 3.51. The van der Waals surface area contributed by atoms with Gasteiger partial charge in [0.05, 0.1) is 27.0 Å². The summed E-state index contributed by atoms with van der Waals surface area (Å²) in [6.45, 7) is 2.17. The Kier molecular flexibility index (Phi) is 6.35. The number of hydrogen-bond acceptors (Lipinski definition) is 5. The van der Waals surface area contributed by atoms with E-state index in [4.69, 9.17) is 30.6 Å². The predicted octanol–water partition coefficient (Wildman–Crippen LogP) is 5.58. The van der Waals surface area contributed by atoms with Crippen molar-refractivity contribution >= 4 is 17.3 Å². The molecule has 0 aliphatic carbocycles. The Balaban J connectivity index is 2.00. The highest BCUT2D eigenvalue weighted by Gasteiger charge is 2.42. The van der Waals surface area contributed by atoms with Crippen molar-refractivity contribution in [1.29, 1.82) is 0 Å². The van der Waals surface area contributed by atoms with Gasteiger partial charge in [-0.25, -0.2) is 0 Å². The van der Waals surface area contributed by atoms with Gasteiger partial charge in [-0.3, -0.25) is 0 Å². The number of oxime groups is 1. The van der Waals surface area contributed by atoms with Gasteiger partial charge in [-0.05, 0) is 42.7 Å². The average molecular weight is 404 g/mol. The highest BCUT2D eigenvalue weighted by molar-refractivity contribution is 6.30. The molecule has 2 aromatic rings. The van der Waals surface area contributed by atoms with Crippen LogP contribution in [0.2, 0.25) is 5.02 Å². The molecule has 5 nitrogen and oxygen atoms in total. The van der Waals surface area contributed by atoms with Gasteiger partial charge in [0, 0.05) is 17.0 Å². The van der Waals surface area contributed by atoms with Crippen LogP contribution in [0.5, 0.6) is 17.2 Å². The van der Waals surface area contributed by atoms with Crippen LogP contribution in [0.15, 0.2) is 41.6 Å². The van der Waals surface area contributed by atoms with E-state index in [9.17, 15) is 0 Å². The molecule has 1 aliphatic rings. The third-order valence-corrected chi connectivity index (χ3v) is 5.34. The van der Waals surface area contributed by atoms with E-state index in [2.05, 4.69) is 12.1 Å². The highest BCUT2D eigenvalue weighted by Crippen LogP contribution is 2.47. The Bertz CT molecular complexity index is 825. The van der Waals surface area contributed by atoms with Crippen LogP contribution >= 0.6 is 11.6 Å². The molecule has 3 rings (SSSR count). The molecule has 150 valence electrons. The van der Waals surface area contributed by atoms with Crippen LogP contribution in [-0.2, 0) is 10.4 Å². The maximum atomic E-state index is 6.10. The Labute approximate surface area is 171 Å². The summed E-state index contributed by atoms with van der Waals surface area (Å²) in [6.07, 6.45) is 3.57. The minimum Gasteiger partial charge on any atom is -0.493 e. The molecule has 2 aromatic carbocycles. The van der Waals surface area contributed by atoms with E-state index in [0.29, 0.717) is 28.7 Å². The van der Waals surface area contributed by atoms with Crippen molar-refractivity contribution in [3.8, 4) is 17.2 Å². The molecule has 28 heavy (non-hydrogen) atoms. The lowest BCUT2D eigenvalue weighted by molar-refractivity contribution is -0.0318. The van der Waals surface area contributed by atoms with Crippen molar-refractivity contribution in [2.45, 2.75) is 38.2 Å². The summed E-state index contributed by atoms with van der Waals surface area (Å²) in [5, 5.41) is 5.13. The lowest BCUT2D eigenvalue weighted by Gasteiger charge is -2.28. The lowest BCUT2D eigenvalue weighted by atomic mass is 9.83. The van der Waals surface area contributed by atoms with Crippen molar-refractivity contribution < 1.29 is 19.0 Å². The molecule has 0 saturated heterocycles. The summed E-state index contributed by atoms with van der Waals surface area (Å²) in [6, 6.07) is 11.6. The number of nitrogens with zero attached hydrogens (tertiary/aromatic N) is 1. The monoisotopic (exact) mass is 403 g/mol. The van der Waals surface area contributed by atoms with E-state index < -0.39 is 5.60 Å². The molecule has 0 aromatic heterocycles. The number of hydrogen-bond donors (Lipinski definition) is 0. The van der Waals surface area contributed by atoms with Crippen molar-refractivity contribution in [2.24, 2.45) is 5.16 Å². The van der Waals surface area contributed by atoms with E-state index >= 15 is 0 Å². The van der Waals surface area contributed by atoms with Crippen LogP contribution < -0.4 is 14.2 Å². The van der Waals surface area contributed by atoms with Crippen molar-refractivity contribution in [1.82, 2.24) is 0 Å². The van der Waals surface area contributed by atoms with Crippen LogP contribution in [0, 0.1) is 0 Å². The summed E-state index contributed by atoms with van der Waals surface area (Å²) in [7, 11) is 4.83. The zero-order chi connectivity index (χ0) is 20.1. The lowest BCUT2D eigenvalue weighted by Crippen LogP contribution is -2.27.